The van der Waals surface area contributed by atoms with Gasteiger partial charge in [-0.2, -0.15) is 0 Å². The highest BCUT2D eigenvalue weighted by Crippen LogP contribution is 2.37. The molecule has 0 radical (unpaired) electrons. The highest BCUT2D eigenvalue weighted by molar-refractivity contribution is 8.18. The lowest BCUT2D eigenvalue weighted by atomic mass is 10.1. The first-order valence-electron chi connectivity index (χ1n) is 12.1. The molecule has 0 aromatic heterocycles. The topological polar surface area (TPSA) is 97.5 Å². The summed E-state index contributed by atoms with van der Waals surface area (Å²) in [5.74, 6) is 0.525. The Balaban J connectivity index is 1.47. The zero-order valence-electron chi connectivity index (χ0n) is 20.8. The van der Waals surface area contributed by atoms with Gasteiger partial charge < -0.3 is 14.4 Å². The monoisotopic (exact) mass is 530 g/mol. The van der Waals surface area contributed by atoms with Gasteiger partial charge in [-0.15, -0.1) is 0 Å². The molecule has 2 aliphatic heterocycles. The number of hydrogen-bond donors (Lipinski definition) is 0. The van der Waals surface area contributed by atoms with Crippen LogP contribution in [-0.4, -0.2) is 54.3 Å². The van der Waals surface area contributed by atoms with Gasteiger partial charge in [0.2, 0.25) is 0 Å². The number of benzene rings is 3. The van der Waals surface area contributed by atoms with Gasteiger partial charge in [-0.05, 0) is 59.3 Å². The number of amides is 1. The molecule has 0 bridgehead atoms. The standard InChI is InChI=1S/C28H26N4O5S/c1-36-23-10-7-20(8-11-23)19-31-27(33)26(38-28(31)29-22-5-3-2-4-6-22)18-21-9-12-24(25(17-21)32(34)35)30-13-15-37-16-14-30/h2-12,17-18H,13-16,19H2,1H3/b26-18-,29-28?. The van der Waals surface area contributed by atoms with Crippen LogP contribution in [0.1, 0.15) is 11.1 Å². The van der Waals surface area contributed by atoms with Crippen molar-refractivity contribution >= 4 is 46.0 Å². The van der Waals surface area contributed by atoms with E-state index < -0.39 is 0 Å². The number of anilines is 1. The fourth-order valence-corrected chi connectivity index (χ4v) is 5.25. The maximum atomic E-state index is 13.5. The molecule has 3 aromatic carbocycles. The van der Waals surface area contributed by atoms with Gasteiger partial charge in [-0.25, -0.2) is 4.99 Å². The molecule has 2 fully saturated rings. The normalized spacial score (nSPS) is 17.9. The fourth-order valence-electron chi connectivity index (χ4n) is 4.26. The maximum absolute atomic E-state index is 13.5. The molecule has 1 amide bonds. The third-order valence-corrected chi connectivity index (χ3v) is 7.22. The Hall–Kier alpha value is -4.15. The second kappa shape index (κ2) is 11.5. The molecule has 0 N–H and O–H groups in total. The SMILES string of the molecule is COc1ccc(CN2C(=O)/C(=C/c3ccc(N4CCOCC4)c([N+](=O)[O-])c3)SC2=Nc2ccccc2)cc1. The molecule has 0 aliphatic carbocycles. The molecule has 2 aliphatic rings. The molecule has 2 heterocycles. The summed E-state index contributed by atoms with van der Waals surface area (Å²) in [6, 6.07) is 22.0. The first-order chi connectivity index (χ1) is 18.5. The summed E-state index contributed by atoms with van der Waals surface area (Å²) in [6.07, 6.45) is 1.69. The molecular weight excluding hydrogens is 504 g/mol. The van der Waals surface area contributed by atoms with Crippen molar-refractivity contribution in [2.75, 3.05) is 38.3 Å². The van der Waals surface area contributed by atoms with Crippen LogP contribution in [0.15, 0.2) is 82.7 Å². The van der Waals surface area contributed by atoms with E-state index in [0.717, 1.165) is 17.0 Å². The zero-order chi connectivity index (χ0) is 26.5. The van der Waals surface area contributed by atoms with Crippen molar-refractivity contribution in [3.8, 4) is 5.75 Å². The van der Waals surface area contributed by atoms with Crippen LogP contribution >= 0.6 is 11.8 Å². The Bertz CT molecular complexity index is 1390. The Labute approximate surface area is 224 Å². The average molecular weight is 531 g/mol. The van der Waals surface area contributed by atoms with E-state index in [2.05, 4.69) is 0 Å². The van der Waals surface area contributed by atoms with Crippen LogP contribution in [0.25, 0.3) is 6.08 Å². The average Bonchev–Trinajstić information content (AvgIpc) is 3.23. The van der Waals surface area contributed by atoms with E-state index in [4.69, 9.17) is 14.5 Å². The van der Waals surface area contributed by atoms with Gasteiger partial charge in [-0.3, -0.25) is 19.8 Å². The van der Waals surface area contributed by atoms with Gasteiger partial charge in [0.25, 0.3) is 11.6 Å². The first-order valence-corrected chi connectivity index (χ1v) is 12.9. The van der Waals surface area contributed by atoms with Crippen molar-refractivity contribution in [2.45, 2.75) is 6.54 Å². The number of nitrogens with zero attached hydrogens (tertiary/aromatic N) is 4. The molecule has 194 valence electrons. The minimum atomic E-state index is -0.380. The molecular formula is C28H26N4O5S. The summed E-state index contributed by atoms with van der Waals surface area (Å²) in [6.45, 7) is 2.57. The van der Waals surface area contributed by atoms with Crippen LogP contribution < -0.4 is 9.64 Å². The van der Waals surface area contributed by atoms with Crippen LogP contribution in [0.5, 0.6) is 5.75 Å². The van der Waals surface area contributed by atoms with Crippen molar-refractivity contribution < 1.29 is 19.2 Å². The number of hydrogen-bond acceptors (Lipinski definition) is 8. The van der Waals surface area contributed by atoms with Crippen molar-refractivity contribution in [1.82, 2.24) is 4.90 Å². The molecule has 0 unspecified atom stereocenters. The molecule has 0 saturated carbocycles. The smallest absolute Gasteiger partial charge is 0.293 e. The van der Waals surface area contributed by atoms with Crippen LogP contribution in [-0.2, 0) is 16.1 Å². The minimum Gasteiger partial charge on any atom is -0.497 e. The second-order valence-electron chi connectivity index (χ2n) is 8.68. The summed E-state index contributed by atoms with van der Waals surface area (Å²) >= 11 is 1.26. The second-order valence-corrected chi connectivity index (χ2v) is 9.69. The number of nitro groups is 1. The van der Waals surface area contributed by atoms with Crippen LogP contribution in [0.4, 0.5) is 17.1 Å². The minimum absolute atomic E-state index is 0.00459. The molecule has 5 rings (SSSR count). The number of aliphatic imine (C=N–C) groups is 1. The molecule has 0 spiro atoms. The number of para-hydroxylation sites is 1. The van der Waals surface area contributed by atoms with Gasteiger partial charge >= 0.3 is 0 Å². The molecule has 2 saturated heterocycles. The largest absolute Gasteiger partial charge is 0.497 e. The van der Waals surface area contributed by atoms with Crippen LogP contribution in [0.3, 0.4) is 0 Å². The highest BCUT2D eigenvalue weighted by atomic mass is 32.2. The highest BCUT2D eigenvalue weighted by Gasteiger charge is 2.34. The van der Waals surface area contributed by atoms with Crippen LogP contribution in [0.2, 0.25) is 0 Å². The predicted molar refractivity (Wildman–Crippen MR) is 149 cm³/mol. The summed E-state index contributed by atoms with van der Waals surface area (Å²) in [5.41, 5.74) is 2.79. The van der Waals surface area contributed by atoms with Crippen molar-refractivity contribution in [1.29, 1.82) is 0 Å². The summed E-state index contributed by atoms with van der Waals surface area (Å²) < 4.78 is 10.6. The first kappa shape index (κ1) is 25.5. The predicted octanol–water partition coefficient (Wildman–Crippen LogP) is 5.24. The third-order valence-electron chi connectivity index (χ3n) is 6.21. The Kier molecular flexibility index (Phi) is 7.71. The van der Waals surface area contributed by atoms with Crippen molar-refractivity contribution in [2.24, 2.45) is 4.99 Å². The van der Waals surface area contributed by atoms with E-state index in [1.165, 1.54) is 17.8 Å². The van der Waals surface area contributed by atoms with Gasteiger partial charge in [-0.1, -0.05) is 36.4 Å². The van der Waals surface area contributed by atoms with Crippen LogP contribution in [0, 0.1) is 10.1 Å². The van der Waals surface area contributed by atoms with Gasteiger partial charge in [0.1, 0.15) is 11.4 Å². The maximum Gasteiger partial charge on any atom is 0.293 e. The Morgan fingerprint density at radius 1 is 1.08 bits per heavy atom. The fraction of sp³-hybridized carbons (Fsp3) is 0.214. The lowest BCUT2D eigenvalue weighted by molar-refractivity contribution is -0.384. The van der Waals surface area contributed by atoms with Crippen molar-refractivity contribution in [3.63, 3.8) is 0 Å². The zero-order valence-corrected chi connectivity index (χ0v) is 21.6. The Morgan fingerprint density at radius 3 is 2.50 bits per heavy atom. The van der Waals surface area contributed by atoms with Gasteiger partial charge in [0.05, 0.1) is 42.4 Å². The van der Waals surface area contributed by atoms with E-state index in [1.807, 2.05) is 59.5 Å². The van der Waals surface area contributed by atoms with Gasteiger partial charge in [0, 0.05) is 19.2 Å². The van der Waals surface area contributed by atoms with E-state index >= 15 is 0 Å². The summed E-state index contributed by atoms with van der Waals surface area (Å²) in [4.78, 5) is 33.8. The van der Waals surface area contributed by atoms with E-state index in [0.29, 0.717) is 54.2 Å². The molecule has 3 aromatic rings. The number of carbonyl (C=O) groups excluding carboxylic acids is 1. The lowest BCUT2D eigenvalue weighted by Crippen LogP contribution is -2.36. The van der Waals surface area contributed by atoms with E-state index in [1.54, 1.807) is 30.2 Å². The van der Waals surface area contributed by atoms with Crippen molar-refractivity contribution in [3.05, 3.63) is 98.9 Å². The number of morpholine rings is 1. The molecule has 38 heavy (non-hydrogen) atoms. The number of carbonyl (C=O) groups is 1. The summed E-state index contributed by atoms with van der Waals surface area (Å²) in [5, 5.41) is 12.4. The number of rotatable bonds is 7. The van der Waals surface area contributed by atoms with E-state index in [-0.39, 0.29) is 16.5 Å². The number of methoxy groups -OCH3 is 1. The quantitative estimate of drug-likeness (QED) is 0.234. The van der Waals surface area contributed by atoms with E-state index in [9.17, 15) is 14.9 Å². The summed E-state index contributed by atoms with van der Waals surface area (Å²) in [7, 11) is 1.61. The number of thioether (sulfide) groups is 1. The third kappa shape index (κ3) is 5.71. The number of amidine groups is 1. The molecule has 9 nitrogen and oxygen atoms in total. The number of ether oxygens (including phenoxy) is 2. The molecule has 10 heteroatoms. The number of nitro benzene ring substituents is 1. The lowest BCUT2D eigenvalue weighted by Gasteiger charge is -2.28. The Morgan fingerprint density at radius 2 is 1.82 bits per heavy atom. The molecule has 0 atom stereocenters. The van der Waals surface area contributed by atoms with Gasteiger partial charge in [0.15, 0.2) is 5.17 Å².